The quantitative estimate of drug-likeness (QED) is 0.724. The lowest BCUT2D eigenvalue weighted by Crippen LogP contribution is -2.42. The summed E-state index contributed by atoms with van der Waals surface area (Å²) in [4.78, 5) is 12.9. The van der Waals surface area contributed by atoms with Crippen LogP contribution in [0.25, 0.3) is 0 Å². The molecule has 0 heterocycles. The van der Waals surface area contributed by atoms with Gasteiger partial charge in [0.2, 0.25) is 0 Å². The Bertz CT molecular complexity index is 639. The van der Waals surface area contributed by atoms with Crippen molar-refractivity contribution in [2.45, 2.75) is 58.3 Å². The molecule has 1 fully saturated rings. The molecule has 0 saturated heterocycles. The molecule has 21 heavy (non-hydrogen) atoms. The summed E-state index contributed by atoms with van der Waals surface area (Å²) < 4.78 is 0. The van der Waals surface area contributed by atoms with E-state index in [4.69, 9.17) is 0 Å². The third-order valence-corrected chi connectivity index (χ3v) is 6.37. The highest BCUT2D eigenvalue weighted by molar-refractivity contribution is 5.91. The molecule has 110 valence electrons. The minimum Gasteiger partial charge on any atom is -0.299 e. The van der Waals surface area contributed by atoms with E-state index in [2.05, 4.69) is 38.1 Å². The van der Waals surface area contributed by atoms with Crippen molar-refractivity contribution in [2.24, 2.45) is 11.3 Å². The van der Waals surface area contributed by atoms with Crippen LogP contribution in [0.1, 0.15) is 62.1 Å². The molecule has 4 rings (SSSR count). The topological polar surface area (TPSA) is 17.1 Å². The zero-order valence-corrected chi connectivity index (χ0v) is 13.1. The van der Waals surface area contributed by atoms with Crippen LogP contribution in [0.5, 0.6) is 0 Å². The molecule has 1 nitrogen and oxygen atoms in total. The number of ketones is 1. The van der Waals surface area contributed by atoms with Crippen molar-refractivity contribution in [3.63, 3.8) is 0 Å². The lowest BCUT2D eigenvalue weighted by molar-refractivity contribution is -0.131. The fraction of sp³-hybridized carbons (Fsp3) is 0.550. The second-order valence-electron chi connectivity index (χ2n) is 7.40. The molecule has 1 spiro atoms. The summed E-state index contributed by atoms with van der Waals surface area (Å²) in [6, 6.07) is 6.62. The van der Waals surface area contributed by atoms with Gasteiger partial charge in [0.1, 0.15) is 5.78 Å². The van der Waals surface area contributed by atoms with E-state index in [-0.39, 0.29) is 5.41 Å². The fourth-order valence-corrected chi connectivity index (χ4v) is 4.92. The summed E-state index contributed by atoms with van der Waals surface area (Å²) in [6.45, 7) is 4.58. The van der Waals surface area contributed by atoms with Gasteiger partial charge in [-0.05, 0) is 60.6 Å². The van der Waals surface area contributed by atoms with Crippen molar-refractivity contribution in [1.29, 1.82) is 0 Å². The van der Waals surface area contributed by atoms with Gasteiger partial charge in [0.25, 0.3) is 0 Å². The number of hydrogen-bond acceptors (Lipinski definition) is 1. The van der Waals surface area contributed by atoms with E-state index in [1.165, 1.54) is 29.5 Å². The molecule has 3 atom stereocenters. The molecular weight excluding hydrogens is 256 g/mol. The summed E-state index contributed by atoms with van der Waals surface area (Å²) in [5, 5.41) is 0. The van der Waals surface area contributed by atoms with E-state index in [1.807, 2.05) is 0 Å². The van der Waals surface area contributed by atoms with Gasteiger partial charge in [0.15, 0.2) is 0 Å². The van der Waals surface area contributed by atoms with E-state index in [9.17, 15) is 4.79 Å². The van der Waals surface area contributed by atoms with Gasteiger partial charge in [0.05, 0.1) is 0 Å². The monoisotopic (exact) mass is 280 g/mol. The smallest absolute Gasteiger partial charge is 0.144 e. The molecule has 3 aliphatic rings. The number of Topliss-reactive ketones (excluding diaryl/α,β-unsaturated/α-hetero) is 1. The van der Waals surface area contributed by atoms with Crippen LogP contribution in [0.3, 0.4) is 0 Å². The van der Waals surface area contributed by atoms with Gasteiger partial charge in [0, 0.05) is 11.8 Å². The van der Waals surface area contributed by atoms with Crippen LogP contribution in [-0.4, -0.2) is 5.78 Å². The number of rotatable bonds is 2. The molecule has 1 saturated carbocycles. The van der Waals surface area contributed by atoms with Crippen LogP contribution < -0.4 is 0 Å². The zero-order valence-electron chi connectivity index (χ0n) is 13.1. The number of allylic oxidation sites excluding steroid dienone is 2. The first-order chi connectivity index (χ1) is 10.1. The molecule has 1 aromatic carbocycles. The molecule has 1 aromatic rings. The maximum Gasteiger partial charge on any atom is 0.144 e. The second-order valence-corrected chi connectivity index (χ2v) is 7.40. The third-order valence-electron chi connectivity index (χ3n) is 6.37. The fourth-order valence-electron chi connectivity index (χ4n) is 4.92. The van der Waals surface area contributed by atoms with Crippen LogP contribution in [0, 0.1) is 11.3 Å². The summed E-state index contributed by atoms with van der Waals surface area (Å²) in [7, 11) is 0. The van der Waals surface area contributed by atoms with Crippen molar-refractivity contribution < 1.29 is 4.79 Å². The summed E-state index contributed by atoms with van der Waals surface area (Å²) in [6.07, 6.45) is 8.61. The van der Waals surface area contributed by atoms with Gasteiger partial charge in [-0.1, -0.05) is 43.7 Å². The predicted molar refractivity (Wildman–Crippen MR) is 85.4 cm³/mol. The highest BCUT2D eigenvalue weighted by atomic mass is 16.1. The molecule has 0 N–H and O–H groups in total. The maximum absolute atomic E-state index is 12.9. The lowest BCUT2D eigenvalue weighted by Gasteiger charge is -2.40. The SMILES string of the molecule is CCC(C)c1cccc2c1CC1(CC3=CCC1C3)C(=O)C2. The molecular formula is C20H24O. The Kier molecular flexibility index (Phi) is 2.89. The van der Waals surface area contributed by atoms with Gasteiger partial charge in [-0.3, -0.25) is 4.79 Å². The average molecular weight is 280 g/mol. The summed E-state index contributed by atoms with van der Waals surface area (Å²) in [5.41, 5.74) is 5.83. The first kappa shape index (κ1) is 13.3. The normalized spacial score (nSPS) is 31.4. The molecule has 3 unspecified atom stereocenters. The molecule has 0 amide bonds. The van der Waals surface area contributed by atoms with Gasteiger partial charge in [-0.2, -0.15) is 0 Å². The third kappa shape index (κ3) is 1.79. The zero-order chi connectivity index (χ0) is 14.6. The Labute approximate surface area is 127 Å². The number of fused-ring (bicyclic) bond motifs is 4. The first-order valence-electron chi connectivity index (χ1n) is 8.46. The standard InChI is InChI=1S/C20H24O/c1-3-13(2)17-6-4-5-15-10-19(21)20(12-18(15)17)11-14-7-8-16(20)9-14/h4-7,13,16H,3,8-12H2,1-2H3. The van der Waals surface area contributed by atoms with Crippen LogP contribution >= 0.6 is 0 Å². The van der Waals surface area contributed by atoms with Crippen LogP contribution in [0.15, 0.2) is 29.8 Å². The van der Waals surface area contributed by atoms with Gasteiger partial charge in [-0.25, -0.2) is 0 Å². The van der Waals surface area contributed by atoms with E-state index < -0.39 is 0 Å². The van der Waals surface area contributed by atoms with Crippen molar-refractivity contribution in [3.05, 3.63) is 46.5 Å². The van der Waals surface area contributed by atoms with E-state index in [1.54, 1.807) is 5.57 Å². The predicted octanol–water partition coefficient (Wildman–Crippen LogP) is 4.59. The molecule has 0 aliphatic heterocycles. The summed E-state index contributed by atoms with van der Waals surface area (Å²) in [5.74, 6) is 1.71. The minimum absolute atomic E-state index is 0.0410. The van der Waals surface area contributed by atoms with E-state index in [0.717, 1.165) is 19.3 Å². The van der Waals surface area contributed by atoms with Gasteiger partial charge in [-0.15, -0.1) is 0 Å². The number of hydrogen-bond donors (Lipinski definition) is 0. The highest BCUT2D eigenvalue weighted by Gasteiger charge is 2.53. The van der Waals surface area contributed by atoms with E-state index >= 15 is 0 Å². The largest absolute Gasteiger partial charge is 0.299 e. The molecule has 2 bridgehead atoms. The van der Waals surface area contributed by atoms with Crippen LogP contribution in [-0.2, 0) is 17.6 Å². The summed E-state index contributed by atoms with van der Waals surface area (Å²) >= 11 is 0. The Morgan fingerprint density at radius 3 is 2.86 bits per heavy atom. The maximum atomic E-state index is 12.9. The highest BCUT2D eigenvalue weighted by Crippen LogP contribution is 2.57. The van der Waals surface area contributed by atoms with Gasteiger partial charge < -0.3 is 0 Å². The van der Waals surface area contributed by atoms with E-state index in [0.29, 0.717) is 24.0 Å². The van der Waals surface area contributed by atoms with Crippen molar-refractivity contribution in [3.8, 4) is 0 Å². The van der Waals surface area contributed by atoms with Crippen molar-refractivity contribution in [2.75, 3.05) is 0 Å². The van der Waals surface area contributed by atoms with Crippen molar-refractivity contribution in [1.82, 2.24) is 0 Å². The molecule has 0 radical (unpaired) electrons. The number of carbonyl (C=O) groups excluding carboxylic acids is 1. The Balaban J connectivity index is 1.79. The first-order valence-corrected chi connectivity index (χ1v) is 8.46. The molecule has 1 heteroatoms. The molecule has 3 aliphatic carbocycles. The molecule has 0 aromatic heterocycles. The lowest BCUT2D eigenvalue weighted by atomic mass is 9.62. The van der Waals surface area contributed by atoms with Crippen molar-refractivity contribution >= 4 is 5.78 Å². The average Bonchev–Trinajstić information content (AvgIpc) is 3.08. The van der Waals surface area contributed by atoms with Gasteiger partial charge >= 0.3 is 0 Å². The minimum atomic E-state index is -0.0410. The Hall–Kier alpha value is -1.37. The number of benzene rings is 1. The Morgan fingerprint density at radius 1 is 1.33 bits per heavy atom. The Morgan fingerprint density at radius 2 is 2.19 bits per heavy atom. The van der Waals surface area contributed by atoms with Crippen LogP contribution in [0.2, 0.25) is 0 Å². The van der Waals surface area contributed by atoms with Crippen LogP contribution in [0.4, 0.5) is 0 Å². The second kappa shape index (κ2) is 4.56. The number of carbonyl (C=O) groups is 1.